The summed E-state index contributed by atoms with van der Waals surface area (Å²) in [6.45, 7) is 3.63. The standard InChI is InChI=1S/C11H12N4O/c1-8(16)9-7-12-15-6-3-10(13-11(9)15)14-4-2-5-14/h3,6-7H,2,4-5H2,1H3. The SMILES string of the molecule is CC(=O)c1cnn2ccc(N3CCC3)nc12. The second-order valence-electron chi connectivity index (χ2n) is 4.01. The van der Waals surface area contributed by atoms with Gasteiger partial charge in [-0.15, -0.1) is 0 Å². The second kappa shape index (κ2) is 3.30. The van der Waals surface area contributed by atoms with Crippen molar-refractivity contribution in [1.82, 2.24) is 14.6 Å². The molecule has 16 heavy (non-hydrogen) atoms. The molecule has 0 aromatic carbocycles. The van der Waals surface area contributed by atoms with Crippen LogP contribution in [-0.4, -0.2) is 33.5 Å². The van der Waals surface area contributed by atoms with Crippen molar-refractivity contribution in [1.29, 1.82) is 0 Å². The zero-order chi connectivity index (χ0) is 11.1. The van der Waals surface area contributed by atoms with Crippen molar-refractivity contribution in [3.63, 3.8) is 0 Å². The van der Waals surface area contributed by atoms with Gasteiger partial charge in [0.15, 0.2) is 11.4 Å². The van der Waals surface area contributed by atoms with Crippen molar-refractivity contribution in [2.75, 3.05) is 18.0 Å². The molecule has 0 atom stereocenters. The first-order valence-electron chi connectivity index (χ1n) is 5.36. The van der Waals surface area contributed by atoms with E-state index in [0.717, 1.165) is 18.9 Å². The largest absolute Gasteiger partial charge is 0.356 e. The fourth-order valence-electron chi connectivity index (χ4n) is 1.83. The van der Waals surface area contributed by atoms with Crippen molar-refractivity contribution < 1.29 is 4.79 Å². The molecule has 0 radical (unpaired) electrons. The van der Waals surface area contributed by atoms with Crippen molar-refractivity contribution in [3.8, 4) is 0 Å². The monoisotopic (exact) mass is 216 g/mol. The quantitative estimate of drug-likeness (QED) is 0.706. The van der Waals surface area contributed by atoms with Gasteiger partial charge in [-0.05, 0) is 19.4 Å². The Kier molecular flexibility index (Phi) is 1.92. The minimum Gasteiger partial charge on any atom is -0.356 e. The van der Waals surface area contributed by atoms with Crippen molar-refractivity contribution in [2.45, 2.75) is 13.3 Å². The third-order valence-electron chi connectivity index (χ3n) is 2.91. The first-order chi connectivity index (χ1) is 7.75. The second-order valence-corrected chi connectivity index (χ2v) is 4.01. The minimum absolute atomic E-state index is 0.00302. The summed E-state index contributed by atoms with van der Waals surface area (Å²) in [7, 11) is 0. The molecule has 0 amide bonds. The first-order valence-corrected chi connectivity index (χ1v) is 5.36. The molecular formula is C11H12N4O. The van der Waals surface area contributed by atoms with Gasteiger partial charge in [-0.3, -0.25) is 4.79 Å². The van der Waals surface area contributed by atoms with Gasteiger partial charge in [-0.2, -0.15) is 5.10 Å². The maximum Gasteiger partial charge on any atom is 0.168 e. The molecular weight excluding hydrogens is 204 g/mol. The fraction of sp³-hybridized carbons (Fsp3) is 0.364. The molecule has 0 unspecified atom stereocenters. The molecule has 5 heteroatoms. The van der Waals surface area contributed by atoms with E-state index >= 15 is 0 Å². The highest BCUT2D eigenvalue weighted by Crippen LogP contribution is 2.19. The van der Waals surface area contributed by atoms with Gasteiger partial charge in [0.25, 0.3) is 0 Å². The van der Waals surface area contributed by atoms with E-state index in [2.05, 4.69) is 15.0 Å². The van der Waals surface area contributed by atoms with Crippen molar-refractivity contribution in [3.05, 3.63) is 24.0 Å². The Morgan fingerprint density at radius 2 is 2.25 bits per heavy atom. The zero-order valence-electron chi connectivity index (χ0n) is 9.05. The number of hydrogen-bond acceptors (Lipinski definition) is 4. The Hall–Kier alpha value is -1.91. The highest BCUT2D eigenvalue weighted by molar-refractivity contribution is 5.99. The van der Waals surface area contributed by atoms with E-state index in [1.807, 2.05) is 12.3 Å². The van der Waals surface area contributed by atoms with Crippen LogP contribution in [0.3, 0.4) is 0 Å². The summed E-state index contributed by atoms with van der Waals surface area (Å²) in [5, 5.41) is 4.10. The molecule has 0 spiro atoms. The van der Waals surface area contributed by atoms with Crippen LogP contribution in [0.2, 0.25) is 0 Å². The van der Waals surface area contributed by atoms with Gasteiger partial charge in [0.2, 0.25) is 0 Å². The summed E-state index contributed by atoms with van der Waals surface area (Å²) in [5.41, 5.74) is 1.24. The van der Waals surface area contributed by atoms with Gasteiger partial charge in [0.05, 0.1) is 11.8 Å². The molecule has 1 fully saturated rings. The van der Waals surface area contributed by atoms with Crippen LogP contribution in [0.5, 0.6) is 0 Å². The van der Waals surface area contributed by atoms with E-state index < -0.39 is 0 Å². The summed E-state index contributed by atoms with van der Waals surface area (Å²) in [6.07, 6.45) is 4.64. The maximum atomic E-state index is 11.4. The topological polar surface area (TPSA) is 50.5 Å². The molecule has 82 valence electrons. The molecule has 1 aliphatic rings. The molecule has 5 nitrogen and oxygen atoms in total. The van der Waals surface area contributed by atoms with Crippen LogP contribution in [0.4, 0.5) is 5.82 Å². The predicted molar refractivity (Wildman–Crippen MR) is 59.8 cm³/mol. The number of anilines is 1. The maximum absolute atomic E-state index is 11.4. The Morgan fingerprint density at radius 3 is 2.88 bits per heavy atom. The fourth-order valence-corrected chi connectivity index (χ4v) is 1.83. The summed E-state index contributed by atoms with van der Waals surface area (Å²) >= 11 is 0. The number of carbonyl (C=O) groups excluding carboxylic acids is 1. The lowest BCUT2D eigenvalue weighted by Crippen LogP contribution is -2.37. The van der Waals surface area contributed by atoms with Gasteiger partial charge in [0, 0.05) is 19.3 Å². The smallest absolute Gasteiger partial charge is 0.168 e. The molecule has 0 bridgehead atoms. The van der Waals surface area contributed by atoms with E-state index in [0.29, 0.717) is 11.2 Å². The molecule has 2 aromatic heterocycles. The van der Waals surface area contributed by atoms with Gasteiger partial charge in [0.1, 0.15) is 5.82 Å². The Bertz CT molecular complexity index is 556. The van der Waals surface area contributed by atoms with Gasteiger partial charge in [-0.25, -0.2) is 9.50 Å². The molecule has 0 aliphatic carbocycles. The lowest BCUT2D eigenvalue weighted by molar-refractivity contribution is 0.101. The predicted octanol–water partition coefficient (Wildman–Crippen LogP) is 1.14. The highest BCUT2D eigenvalue weighted by Gasteiger charge is 2.17. The summed E-state index contributed by atoms with van der Waals surface area (Å²) in [5.74, 6) is 0.935. The van der Waals surface area contributed by atoms with E-state index in [9.17, 15) is 4.79 Å². The zero-order valence-corrected chi connectivity index (χ0v) is 9.05. The molecule has 2 aromatic rings. The average molecular weight is 216 g/mol. The number of carbonyl (C=O) groups is 1. The van der Waals surface area contributed by atoms with Gasteiger partial charge in [-0.1, -0.05) is 0 Å². The van der Waals surface area contributed by atoms with Crippen LogP contribution in [0.25, 0.3) is 5.65 Å². The third-order valence-corrected chi connectivity index (χ3v) is 2.91. The average Bonchev–Trinajstić information content (AvgIpc) is 2.57. The van der Waals surface area contributed by atoms with E-state index in [-0.39, 0.29) is 5.78 Å². The molecule has 3 heterocycles. The molecule has 3 rings (SSSR count). The number of aromatic nitrogens is 3. The number of nitrogens with zero attached hydrogens (tertiary/aromatic N) is 4. The lowest BCUT2D eigenvalue weighted by atomic mass is 10.2. The summed E-state index contributed by atoms with van der Waals surface area (Å²) in [6, 6.07) is 1.93. The molecule has 0 saturated carbocycles. The van der Waals surface area contributed by atoms with Crippen LogP contribution >= 0.6 is 0 Å². The summed E-state index contributed by atoms with van der Waals surface area (Å²) in [4.78, 5) is 18.1. The van der Waals surface area contributed by atoms with Gasteiger partial charge >= 0.3 is 0 Å². The summed E-state index contributed by atoms with van der Waals surface area (Å²) < 4.78 is 1.64. The number of fused-ring (bicyclic) bond motifs is 1. The third kappa shape index (κ3) is 1.28. The van der Waals surface area contributed by atoms with Crippen LogP contribution < -0.4 is 4.90 Å². The molecule has 1 aliphatic heterocycles. The van der Waals surface area contributed by atoms with Crippen molar-refractivity contribution in [2.24, 2.45) is 0 Å². The Balaban J connectivity index is 2.13. The number of Topliss-reactive ketones (excluding diaryl/α,β-unsaturated/α-hetero) is 1. The Labute approximate surface area is 92.7 Å². The normalized spacial score (nSPS) is 15.2. The first kappa shape index (κ1) is 9.33. The minimum atomic E-state index is 0.00302. The Morgan fingerprint density at radius 1 is 1.44 bits per heavy atom. The van der Waals surface area contributed by atoms with E-state index in [4.69, 9.17) is 0 Å². The molecule has 1 saturated heterocycles. The van der Waals surface area contributed by atoms with E-state index in [1.165, 1.54) is 13.3 Å². The lowest BCUT2D eigenvalue weighted by Gasteiger charge is -2.31. The van der Waals surface area contributed by atoms with Crippen LogP contribution in [0.15, 0.2) is 18.5 Å². The van der Waals surface area contributed by atoms with Crippen molar-refractivity contribution >= 4 is 17.2 Å². The number of ketones is 1. The highest BCUT2D eigenvalue weighted by atomic mass is 16.1. The number of rotatable bonds is 2. The van der Waals surface area contributed by atoms with Crippen LogP contribution in [0.1, 0.15) is 23.7 Å². The number of hydrogen-bond donors (Lipinski definition) is 0. The molecule has 0 N–H and O–H groups in total. The van der Waals surface area contributed by atoms with Crippen LogP contribution in [-0.2, 0) is 0 Å². The van der Waals surface area contributed by atoms with Crippen LogP contribution in [0, 0.1) is 0 Å². The van der Waals surface area contributed by atoms with Gasteiger partial charge < -0.3 is 4.90 Å². The van der Waals surface area contributed by atoms with E-state index in [1.54, 1.807) is 10.7 Å².